The molecule has 4 N–H and O–H groups in total. The molecule has 0 spiro atoms. The predicted molar refractivity (Wildman–Crippen MR) is 97.8 cm³/mol. The summed E-state index contributed by atoms with van der Waals surface area (Å²) in [4.78, 5) is 34.9. The Labute approximate surface area is 159 Å². The molecule has 0 heterocycles. The summed E-state index contributed by atoms with van der Waals surface area (Å²) >= 11 is 5.65. The van der Waals surface area contributed by atoms with Crippen LogP contribution in [0.1, 0.15) is 22.8 Å². The number of benzene rings is 2. The molecule has 0 aliphatic heterocycles. The lowest BCUT2D eigenvalue weighted by Gasteiger charge is -2.14. The summed E-state index contributed by atoms with van der Waals surface area (Å²) in [5.74, 6) is -1.89. The number of carbonyl (C=O) groups excluding carboxylic acids is 3. The number of rotatable bonds is 6. The molecule has 2 rings (SSSR count). The number of urea groups is 1. The Kier molecular flexibility index (Phi) is 6.73. The van der Waals surface area contributed by atoms with Crippen molar-refractivity contribution in [2.45, 2.75) is 19.6 Å². The number of carbonyl (C=O) groups is 3. The van der Waals surface area contributed by atoms with Crippen LogP contribution in [0.4, 0.5) is 14.9 Å². The molecule has 1 atom stereocenters. The first-order valence-corrected chi connectivity index (χ1v) is 8.23. The highest BCUT2D eigenvalue weighted by Crippen LogP contribution is 2.19. The molecule has 3 amide bonds. The van der Waals surface area contributed by atoms with Crippen molar-refractivity contribution in [2.75, 3.05) is 5.32 Å². The molecular formula is C18H17ClFN3O4. The quantitative estimate of drug-likeness (QED) is 0.655. The van der Waals surface area contributed by atoms with Gasteiger partial charge in [-0.15, -0.1) is 0 Å². The van der Waals surface area contributed by atoms with Crippen molar-refractivity contribution in [2.24, 2.45) is 5.73 Å². The molecule has 0 unspecified atom stereocenters. The van der Waals surface area contributed by atoms with Gasteiger partial charge < -0.3 is 21.1 Å². The zero-order valence-corrected chi connectivity index (χ0v) is 15.0. The molecule has 0 fully saturated rings. The molecule has 7 nitrogen and oxygen atoms in total. The van der Waals surface area contributed by atoms with Crippen molar-refractivity contribution >= 4 is 35.2 Å². The molecule has 0 aliphatic carbocycles. The van der Waals surface area contributed by atoms with E-state index in [1.54, 1.807) is 12.1 Å². The van der Waals surface area contributed by atoms with Crippen molar-refractivity contribution in [1.82, 2.24) is 5.32 Å². The second kappa shape index (κ2) is 9.00. The summed E-state index contributed by atoms with van der Waals surface area (Å²) < 4.78 is 18.2. The Hall–Kier alpha value is -3.13. The van der Waals surface area contributed by atoms with E-state index in [2.05, 4.69) is 10.6 Å². The molecule has 0 aromatic heterocycles. The largest absolute Gasteiger partial charge is 0.449 e. The van der Waals surface area contributed by atoms with Crippen molar-refractivity contribution in [3.8, 4) is 0 Å². The van der Waals surface area contributed by atoms with E-state index in [-0.39, 0.29) is 22.8 Å². The minimum absolute atomic E-state index is 0.136. The van der Waals surface area contributed by atoms with E-state index >= 15 is 0 Å². The minimum Gasteiger partial charge on any atom is -0.449 e. The monoisotopic (exact) mass is 393 g/mol. The minimum atomic E-state index is -1.09. The summed E-state index contributed by atoms with van der Waals surface area (Å²) in [5.41, 5.74) is 6.24. The maximum absolute atomic E-state index is 13.1. The zero-order chi connectivity index (χ0) is 20.0. The first kappa shape index (κ1) is 20.2. The SMILES string of the molecule is C[C@@H](OC(=O)c1ccc(CNC(N)=O)cc1)C(=O)Nc1ccc(F)c(Cl)c1. The maximum Gasteiger partial charge on any atom is 0.338 e. The molecule has 2 aromatic rings. The topological polar surface area (TPSA) is 111 Å². The first-order chi connectivity index (χ1) is 12.8. The van der Waals surface area contributed by atoms with Gasteiger partial charge in [0.1, 0.15) is 5.82 Å². The van der Waals surface area contributed by atoms with Crippen molar-refractivity contribution in [1.29, 1.82) is 0 Å². The molecule has 0 saturated heterocycles. The fraction of sp³-hybridized carbons (Fsp3) is 0.167. The number of primary amides is 1. The number of nitrogens with one attached hydrogen (secondary N) is 2. The summed E-state index contributed by atoms with van der Waals surface area (Å²) in [6.45, 7) is 1.63. The highest BCUT2D eigenvalue weighted by Gasteiger charge is 2.19. The van der Waals surface area contributed by atoms with Gasteiger partial charge in [-0.3, -0.25) is 4.79 Å². The molecule has 2 aromatic carbocycles. The van der Waals surface area contributed by atoms with Crippen LogP contribution < -0.4 is 16.4 Å². The van der Waals surface area contributed by atoms with Gasteiger partial charge in [-0.1, -0.05) is 23.7 Å². The number of amides is 3. The van der Waals surface area contributed by atoms with E-state index in [9.17, 15) is 18.8 Å². The first-order valence-electron chi connectivity index (χ1n) is 7.85. The Balaban J connectivity index is 1.92. The molecular weight excluding hydrogens is 377 g/mol. The van der Waals surface area contributed by atoms with Crippen molar-refractivity contribution in [3.63, 3.8) is 0 Å². The van der Waals surface area contributed by atoms with Crippen LogP contribution in [-0.2, 0) is 16.1 Å². The highest BCUT2D eigenvalue weighted by molar-refractivity contribution is 6.31. The van der Waals surface area contributed by atoms with Crippen molar-refractivity contribution < 1.29 is 23.5 Å². The van der Waals surface area contributed by atoms with Gasteiger partial charge in [0, 0.05) is 12.2 Å². The van der Waals surface area contributed by atoms with Gasteiger partial charge in [-0.05, 0) is 42.8 Å². The average molecular weight is 394 g/mol. The number of hydrogen-bond donors (Lipinski definition) is 3. The van der Waals surface area contributed by atoms with Crippen LogP contribution >= 0.6 is 11.6 Å². The third-order valence-corrected chi connectivity index (χ3v) is 3.79. The lowest BCUT2D eigenvalue weighted by Crippen LogP contribution is -2.30. The van der Waals surface area contributed by atoms with Crippen LogP contribution in [0.25, 0.3) is 0 Å². The number of nitrogens with two attached hydrogens (primary N) is 1. The van der Waals surface area contributed by atoms with Gasteiger partial charge in [-0.2, -0.15) is 0 Å². The second-order valence-electron chi connectivity index (χ2n) is 5.58. The second-order valence-corrected chi connectivity index (χ2v) is 5.99. The number of anilines is 1. The van der Waals surface area contributed by atoms with E-state index in [0.29, 0.717) is 0 Å². The summed E-state index contributed by atoms with van der Waals surface area (Å²) in [6.07, 6.45) is -1.09. The average Bonchev–Trinajstić information content (AvgIpc) is 2.63. The van der Waals surface area contributed by atoms with Crippen molar-refractivity contribution in [3.05, 3.63) is 64.4 Å². The van der Waals surface area contributed by atoms with E-state index in [1.807, 2.05) is 0 Å². The zero-order valence-electron chi connectivity index (χ0n) is 14.3. The lowest BCUT2D eigenvalue weighted by molar-refractivity contribution is -0.123. The van der Waals surface area contributed by atoms with Gasteiger partial charge in [0.05, 0.1) is 10.6 Å². The maximum atomic E-state index is 13.1. The summed E-state index contributed by atoms with van der Waals surface area (Å²) in [5, 5.41) is 4.77. The fourth-order valence-corrected chi connectivity index (χ4v) is 2.23. The van der Waals surface area contributed by atoms with E-state index in [1.165, 1.54) is 31.2 Å². The Morgan fingerprint density at radius 1 is 1.19 bits per heavy atom. The van der Waals surface area contributed by atoms with Crippen LogP contribution in [0.5, 0.6) is 0 Å². The fourth-order valence-electron chi connectivity index (χ4n) is 2.05. The Morgan fingerprint density at radius 3 is 2.44 bits per heavy atom. The van der Waals surface area contributed by atoms with Gasteiger partial charge in [-0.25, -0.2) is 14.0 Å². The molecule has 0 aliphatic rings. The smallest absolute Gasteiger partial charge is 0.338 e. The third-order valence-electron chi connectivity index (χ3n) is 3.50. The lowest BCUT2D eigenvalue weighted by atomic mass is 10.1. The summed E-state index contributed by atoms with van der Waals surface area (Å²) in [7, 11) is 0. The normalized spacial score (nSPS) is 11.4. The summed E-state index contributed by atoms with van der Waals surface area (Å²) in [6, 6.07) is 9.31. The standard InChI is InChI=1S/C18H17ClFN3O4/c1-10(16(24)23-13-6-7-15(20)14(19)8-13)27-17(25)12-4-2-11(3-5-12)9-22-18(21)26/h2-8,10H,9H2,1H3,(H,23,24)(H3,21,22,26)/t10-/m1/s1. The molecule has 0 bridgehead atoms. The Bertz CT molecular complexity index is 858. The van der Waals surface area contributed by atoms with Gasteiger partial charge in [0.15, 0.2) is 6.10 Å². The van der Waals surface area contributed by atoms with Crippen LogP contribution in [0, 0.1) is 5.82 Å². The predicted octanol–water partition coefficient (Wildman–Crippen LogP) is 2.83. The number of hydrogen-bond acceptors (Lipinski definition) is 4. The van der Waals surface area contributed by atoms with Crippen LogP contribution in [0.2, 0.25) is 5.02 Å². The number of halogens is 2. The van der Waals surface area contributed by atoms with Gasteiger partial charge >= 0.3 is 12.0 Å². The van der Waals surface area contributed by atoms with Crippen LogP contribution in [0.15, 0.2) is 42.5 Å². The number of ether oxygens (including phenoxy) is 1. The third kappa shape index (κ3) is 5.96. The van der Waals surface area contributed by atoms with E-state index < -0.39 is 29.8 Å². The molecule has 27 heavy (non-hydrogen) atoms. The number of esters is 1. The van der Waals surface area contributed by atoms with Crippen LogP contribution in [0.3, 0.4) is 0 Å². The van der Waals surface area contributed by atoms with Gasteiger partial charge in [0.2, 0.25) is 0 Å². The van der Waals surface area contributed by atoms with E-state index in [4.69, 9.17) is 22.1 Å². The molecule has 142 valence electrons. The van der Waals surface area contributed by atoms with Crippen LogP contribution in [-0.4, -0.2) is 24.0 Å². The van der Waals surface area contributed by atoms with Gasteiger partial charge in [0.25, 0.3) is 5.91 Å². The highest BCUT2D eigenvalue weighted by atomic mass is 35.5. The molecule has 0 radical (unpaired) electrons. The van der Waals surface area contributed by atoms with E-state index in [0.717, 1.165) is 11.6 Å². The molecule has 0 saturated carbocycles. The Morgan fingerprint density at radius 2 is 1.85 bits per heavy atom. The molecule has 9 heteroatoms.